The quantitative estimate of drug-likeness (QED) is 0.668. The number of imidazole rings is 1. The van der Waals surface area contributed by atoms with Crippen molar-refractivity contribution in [3.8, 4) is 11.5 Å². The first-order chi connectivity index (χ1) is 13.9. The van der Waals surface area contributed by atoms with E-state index in [4.69, 9.17) is 21.1 Å². The molecule has 1 atom stereocenters. The molecule has 1 unspecified atom stereocenters. The van der Waals surface area contributed by atoms with E-state index in [1.54, 1.807) is 54.0 Å². The molecular weight excluding hydrogens is 396 g/mol. The third kappa shape index (κ3) is 2.87. The lowest BCUT2D eigenvalue weighted by atomic mass is 9.91. The number of benzene rings is 1. The number of nitrogens with one attached hydrogen (secondary N) is 1. The van der Waals surface area contributed by atoms with Crippen LogP contribution < -0.4 is 14.8 Å². The monoisotopic (exact) mass is 412 g/mol. The lowest BCUT2D eigenvalue weighted by Crippen LogP contribution is -2.41. The van der Waals surface area contributed by atoms with Crippen LogP contribution >= 0.6 is 11.6 Å². The number of carbonyl (C=O) groups excluding carboxylic acids is 2. The number of carbonyl (C=O) groups is 2. The van der Waals surface area contributed by atoms with Gasteiger partial charge in [0.25, 0.3) is 5.91 Å². The van der Waals surface area contributed by atoms with Gasteiger partial charge in [-0.1, -0.05) is 17.7 Å². The maximum Gasteiger partial charge on any atom is 0.325 e. The van der Waals surface area contributed by atoms with Crippen LogP contribution in [0, 0.1) is 0 Å². The number of ether oxygens (including phenoxy) is 2. The van der Waals surface area contributed by atoms with Gasteiger partial charge in [-0.15, -0.1) is 0 Å². The summed E-state index contributed by atoms with van der Waals surface area (Å²) >= 11 is 6.00. The summed E-state index contributed by atoms with van der Waals surface area (Å²) in [7, 11) is 0. The number of imide groups is 1. The number of aromatic nitrogens is 2. The van der Waals surface area contributed by atoms with Crippen LogP contribution in [0.5, 0.6) is 11.5 Å². The number of halogens is 1. The fourth-order valence-electron chi connectivity index (χ4n) is 3.65. The Kier molecular flexibility index (Phi) is 3.92. The van der Waals surface area contributed by atoms with Crippen LogP contribution in [0.25, 0.3) is 5.65 Å². The van der Waals surface area contributed by atoms with Gasteiger partial charge < -0.3 is 19.2 Å². The van der Waals surface area contributed by atoms with E-state index in [0.29, 0.717) is 46.6 Å². The van der Waals surface area contributed by atoms with E-state index in [1.165, 1.54) is 4.90 Å². The van der Waals surface area contributed by atoms with Gasteiger partial charge in [-0.2, -0.15) is 0 Å². The highest BCUT2D eigenvalue weighted by molar-refractivity contribution is 6.30. The second-order valence-electron chi connectivity index (χ2n) is 7.15. The van der Waals surface area contributed by atoms with Gasteiger partial charge in [0.1, 0.15) is 24.4 Å². The average molecular weight is 413 g/mol. The van der Waals surface area contributed by atoms with E-state index in [0.717, 1.165) is 0 Å². The zero-order valence-electron chi connectivity index (χ0n) is 15.5. The van der Waals surface area contributed by atoms with Gasteiger partial charge in [0.05, 0.1) is 17.3 Å². The molecule has 3 amide bonds. The fraction of sp³-hybridized carbons (Fsp3) is 0.250. The summed E-state index contributed by atoms with van der Waals surface area (Å²) < 4.78 is 12.9. The van der Waals surface area contributed by atoms with E-state index in [9.17, 15) is 9.59 Å². The Morgan fingerprint density at radius 1 is 1.14 bits per heavy atom. The van der Waals surface area contributed by atoms with E-state index < -0.39 is 11.6 Å². The molecule has 2 aliphatic heterocycles. The highest BCUT2D eigenvalue weighted by Crippen LogP contribution is 2.37. The number of fused-ring (bicyclic) bond motifs is 2. The summed E-state index contributed by atoms with van der Waals surface area (Å²) in [4.78, 5) is 31.4. The summed E-state index contributed by atoms with van der Waals surface area (Å²) in [6.07, 6.45) is 3.47. The van der Waals surface area contributed by atoms with Gasteiger partial charge in [0, 0.05) is 12.4 Å². The third-order valence-electron chi connectivity index (χ3n) is 5.18. The lowest BCUT2D eigenvalue weighted by molar-refractivity contribution is -0.131. The molecule has 0 bridgehead atoms. The SMILES string of the molecule is CC1(c2ccc3c(c2)OCCO3)NC(=O)N(Cc2cn3cc(Cl)ccc3n2)C1=O. The molecule has 4 heterocycles. The van der Waals surface area contributed by atoms with Crippen molar-refractivity contribution in [3.63, 3.8) is 0 Å². The van der Waals surface area contributed by atoms with Crippen LogP contribution in [0.4, 0.5) is 4.79 Å². The van der Waals surface area contributed by atoms with Gasteiger partial charge in [0.15, 0.2) is 11.5 Å². The first kappa shape index (κ1) is 17.8. The van der Waals surface area contributed by atoms with Crippen LogP contribution in [0.1, 0.15) is 18.2 Å². The van der Waals surface area contributed by atoms with E-state index in [1.807, 2.05) is 0 Å². The number of rotatable bonds is 3. The van der Waals surface area contributed by atoms with Crippen LogP contribution in [-0.2, 0) is 16.9 Å². The maximum absolute atomic E-state index is 13.2. The van der Waals surface area contributed by atoms with E-state index in [-0.39, 0.29) is 12.5 Å². The van der Waals surface area contributed by atoms with Crippen LogP contribution in [0.2, 0.25) is 5.02 Å². The summed E-state index contributed by atoms with van der Waals surface area (Å²) in [6.45, 7) is 2.67. The molecule has 3 aromatic rings. The molecule has 0 saturated carbocycles. The third-order valence-corrected chi connectivity index (χ3v) is 5.40. The van der Waals surface area contributed by atoms with Crippen molar-refractivity contribution in [2.24, 2.45) is 0 Å². The molecule has 1 aromatic carbocycles. The summed E-state index contributed by atoms with van der Waals surface area (Å²) in [6, 6.07) is 8.30. The Hall–Kier alpha value is -3.26. The molecule has 1 N–H and O–H groups in total. The second-order valence-corrected chi connectivity index (χ2v) is 7.59. The Labute approximate surface area is 171 Å². The molecule has 0 spiro atoms. The van der Waals surface area contributed by atoms with Crippen molar-refractivity contribution >= 4 is 29.2 Å². The average Bonchev–Trinajstić information content (AvgIpc) is 3.21. The lowest BCUT2D eigenvalue weighted by Gasteiger charge is -2.25. The second kappa shape index (κ2) is 6.38. The number of pyridine rings is 1. The summed E-state index contributed by atoms with van der Waals surface area (Å²) in [5.74, 6) is 0.836. The molecular formula is C20H17ClN4O4. The van der Waals surface area contributed by atoms with Gasteiger partial charge >= 0.3 is 6.03 Å². The Morgan fingerprint density at radius 3 is 2.76 bits per heavy atom. The molecule has 8 nitrogen and oxygen atoms in total. The molecule has 2 aromatic heterocycles. The molecule has 1 saturated heterocycles. The minimum Gasteiger partial charge on any atom is -0.486 e. The first-order valence-electron chi connectivity index (χ1n) is 9.11. The minimum atomic E-state index is -1.20. The van der Waals surface area contributed by atoms with Crippen molar-refractivity contribution < 1.29 is 19.1 Å². The van der Waals surface area contributed by atoms with Crippen LogP contribution in [0.3, 0.4) is 0 Å². The fourth-order valence-corrected chi connectivity index (χ4v) is 3.81. The highest BCUT2D eigenvalue weighted by atomic mass is 35.5. The van der Waals surface area contributed by atoms with Gasteiger partial charge in [-0.05, 0) is 36.8 Å². The zero-order chi connectivity index (χ0) is 20.2. The minimum absolute atomic E-state index is 0.0596. The smallest absolute Gasteiger partial charge is 0.325 e. The Balaban J connectivity index is 1.44. The Bertz CT molecular complexity index is 1160. The number of urea groups is 1. The largest absolute Gasteiger partial charge is 0.486 e. The normalized spacial score (nSPS) is 21.0. The van der Waals surface area contributed by atoms with Crippen molar-refractivity contribution in [3.05, 3.63) is 59.0 Å². The summed E-state index contributed by atoms with van der Waals surface area (Å²) in [5.41, 5.74) is 0.702. The molecule has 5 rings (SSSR count). The van der Waals surface area contributed by atoms with E-state index in [2.05, 4.69) is 10.3 Å². The van der Waals surface area contributed by atoms with Crippen LogP contribution in [0.15, 0.2) is 42.7 Å². The predicted molar refractivity (Wildman–Crippen MR) is 104 cm³/mol. The number of amides is 3. The highest BCUT2D eigenvalue weighted by Gasteiger charge is 2.49. The first-order valence-corrected chi connectivity index (χ1v) is 9.49. The molecule has 0 radical (unpaired) electrons. The van der Waals surface area contributed by atoms with Crippen LogP contribution in [-0.4, -0.2) is 39.4 Å². The molecule has 9 heteroatoms. The topological polar surface area (TPSA) is 85.2 Å². The van der Waals surface area contributed by atoms with Crippen molar-refractivity contribution in [1.82, 2.24) is 19.6 Å². The Morgan fingerprint density at radius 2 is 1.93 bits per heavy atom. The van der Waals surface area contributed by atoms with E-state index >= 15 is 0 Å². The number of nitrogens with zero attached hydrogens (tertiary/aromatic N) is 3. The molecule has 2 aliphatic rings. The molecule has 29 heavy (non-hydrogen) atoms. The van der Waals surface area contributed by atoms with Gasteiger partial charge in [0.2, 0.25) is 0 Å². The van der Waals surface area contributed by atoms with Gasteiger partial charge in [-0.3, -0.25) is 9.69 Å². The molecule has 0 aliphatic carbocycles. The standard InChI is InChI=1S/C20H17ClN4O4/c1-20(12-2-4-15-16(8-12)29-7-6-28-15)18(26)25(19(27)23-20)11-14-10-24-9-13(21)3-5-17(24)22-14/h2-5,8-10H,6-7,11H2,1H3,(H,23,27). The van der Waals surface area contributed by atoms with Crippen molar-refractivity contribution in [1.29, 1.82) is 0 Å². The number of hydrogen-bond acceptors (Lipinski definition) is 5. The zero-order valence-corrected chi connectivity index (χ0v) is 16.3. The maximum atomic E-state index is 13.2. The predicted octanol–water partition coefficient (Wildman–Crippen LogP) is 2.73. The molecule has 148 valence electrons. The molecule has 1 fully saturated rings. The van der Waals surface area contributed by atoms with Crippen molar-refractivity contribution in [2.75, 3.05) is 13.2 Å². The van der Waals surface area contributed by atoms with Gasteiger partial charge in [-0.25, -0.2) is 9.78 Å². The summed E-state index contributed by atoms with van der Waals surface area (Å²) in [5, 5.41) is 3.37. The van der Waals surface area contributed by atoms with Crippen molar-refractivity contribution in [2.45, 2.75) is 19.0 Å². The number of hydrogen-bond donors (Lipinski definition) is 1.